The molecule has 0 saturated carbocycles. The van der Waals surface area contributed by atoms with E-state index in [2.05, 4.69) is 0 Å². The van der Waals surface area contributed by atoms with Gasteiger partial charge in [0.15, 0.2) is 0 Å². The highest BCUT2D eigenvalue weighted by Gasteiger charge is 2.31. The smallest absolute Gasteiger partial charge is 0.478 e. The van der Waals surface area contributed by atoms with E-state index in [0.717, 1.165) is 0 Å². The molecule has 1 N–H and O–H groups in total. The molecule has 0 unspecified atom stereocenters. The average Bonchev–Trinajstić information content (AvgIpc) is 2.69. The van der Waals surface area contributed by atoms with Gasteiger partial charge in [-0.2, -0.15) is 0 Å². The van der Waals surface area contributed by atoms with Crippen LogP contribution in [0.15, 0.2) is 12.1 Å². The molecule has 1 aromatic carbocycles. The molecular formula is C9H7BCl2O4. The van der Waals surface area contributed by atoms with Gasteiger partial charge < -0.3 is 14.4 Å². The molecule has 1 aromatic rings. The first-order valence-electron chi connectivity index (χ1n) is 4.55. The molecule has 7 heteroatoms. The maximum absolute atomic E-state index is 10.8. The van der Waals surface area contributed by atoms with Crippen molar-refractivity contribution in [1.82, 2.24) is 0 Å². The molecule has 1 saturated heterocycles. The predicted molar refractivity (Wildman–Crippen MR) is 60.7 cm³/mol. The van der Waals surface area contributed by atoms with Crippen LogP contribution >= 0.6 is 23.2 Å². The molecule has 1 heterocycles. The van der Waals surface area contributed by atoms with Gasteiger partial charge in [0, 0.05) is 15.5 Å². The van der Waals surface area contributed by atoms with Gasteiger partial charge in [0.25, 0.3) is 0 Å². The Bertz CT molecular complexity index is 409. The Labute approximate surface area is 102 Å². The van der Waals surface area contributed by atoms with Crippen molar-refractivity contribution in [2.45, 2.75) is 0 Å². The topological polar surface area (TPSA) is 55.8 Å². The van der Waals surface area contributed by atoms with Gasteiger partial charge in [-0.1, -0.05) is 23.2 Å². The van der Waals surface area contributed by atoms with Gasteiger partial charge in [0.05, 0.1) is 18.8 Å². The van der Waals surface area contributed by atoms with Crippen molar-refractivity contribution in [3.05, 3.63) is 27.7 Å². The van der Waals surface area contributed by atoms with Gasteiger partial charge in [0.1, 0.15) is 0 Å². The van der Waals surface area contributed by atoms with Crippen molar-refractivity contribution in [3.63, 3.8) is 0 Å². The van der Waals surface area contributed by atoms with Gasteiger partial charge in [-0.15, -0.1) is 0 Å². The van der Waals surface area contributed by atoms with Crippen LogP contribution in [0.5, 0.6) is 0 Å². The zero-order chi connectivity index (χ0) is 11.7. The van der Waals surface area contributed by atoms with Crippen LogP contribution in [0.1, 0.15) is 10.4 Å². The van der Waals surface area contributed by atoms with E-state index in [1.165, 1.54) is 12.1 Å². The minimum atomic E-state index is -1.08. The van der Waals surface area contributed by atoms with Crippen LogP contribution in [0.4, 0.5) is 0 Å². The van der Waals surface area contributed by atoms with Crippen LogP contribution in [0, 0.1) is 0 Å². The Morgan fingerprint density at radius 3 is 2.19 bits per heavy atom. The van der Waals surface area contributed by atoms with Gasteiger partial charge in [-0.05, 0) is 12.1 Å². The zero-order valence-corrected chi connectivity index (χ0v) is 9.59. The van der Waals surface area contributed by atoms with E-state index in [0.29, 0.717) is 18.7 Å². The molecule has 16 heavy (non-hydrogen) atoms. The summed E-state index contributed by atoms with van der Waals surface area (Å²) in [5.74, 6) is -1.08. The lowest BCUT2D eigenvalue weighted by Crippen LogP contribution is -2.33. The Morgan fingerprint density at radius 2 is 1.75 bits per heavy atom. The number of hydrogen-bond acceptors (Lipinski definition) is 3. The van der Waals surface area contributed by atoms with E-state index < -0.39 is 13.1 Å². The lowest BCUT2D eigenvalue weighted by molar-refractivity contribution is 0.0697. The summed E-state index contributed by atoms with van der Waals surface area (Å²) in [6.45, 7) is 0.940. The van der Waals surface area contributed by atoms with E-state index in [1.807, 2.05) is 0 Å². The van der Waals surface area contributed by atoms with Crippen molar-refractivity contribution >= 4 is 41.8 Å². The molecule has 0 aromatic heterocycles. The summed E-state index contributed by atoms with van der Waals surface area (Å²) >= 11 is 11.9. The van der Waals surface area contributed by atoms with E-state index >= 15 is 0 Å². The second-order valence-electron chi connectivity index (χ2n) is 3.23. The molecule has 0 spiro atoms. The fraction of sp³-hybridized carbons (Fsp3) is 0.222. The summed E-state index contributed by atoms with van der Waals surface area (Å²) < 4.78 is 10.5. The summed E-state index contributed by atoms with van der Waals surface area (Å²) in [5, 5.41) is 9.28. The number of carboxylic acids is 1. The van der Waals surface area contributed by atoms with Crippen molar-refractivity contribution in [1.29, 1.82) is 0 Å². The molecule has 0 aliphatic carbocycles. The fourth-order valence-electron chi connectivity index (χ4n) is 1.46. The first kappa shape index (κ1) is 11.7. The second-order valence-corrected chi connectivity index (χ2v) is 4.05. The number of rotatable bonds is 2. The number of carboxylic acid groups (broad SMARTS) is 1. The van der Waals surface area contributed by atoms with Gasteiger partial charge >= 0.3 is 13.1 Å². The van der Waals surface area contributed by atoms with E-state index in [1.54, 1.807) is 0 Å². The molecule has 2 rings (SSSR count). The summed E-state index contributed by atoms with van der Waals surface area (Å²) in [6.07, 6.45) is 0. The lowest BCUT2D eigenvalue weighted by atomic mass is 9.79. The summed E-state index contributed by atoms with van der Waals surface area (Å²) in [5.41, 5.74) is 0.516. The summed E-state index contributed by atoms with van der Waals surface area (Å²) in [4.78, 5) is 10.8. The van der Waals surface area contributed by atoms with E-state index in [-0.39, 0.29) is 15.6 Å². The van der Waals surface area contributed by atoms with Crippen molar-refractivity contribution in [2.75, 3.05) is 13.2 Å². The molecule has 4 nitrogen and oxygen atoms in total. The van der Waals surface area contributed by atoms with E-state index in [4.69, 9.17) is 37.6 Å². The maximum atomic E-state index is 10.8. The van der Waals surface area contributed by atoms with Gasteiger partial charge in [0.2, 0.25) is 0 Å². The minimum absolute atomic E-state index is 0.0387. The number of halogens is 2. The Hall–Kier alpha value is -0.745. The molecule has 1 aliphatic heterocycles. The molecule has 0 radical (unpaired) electrons. The van der Waals surface area contributed by atoms with Crippen LogP contribution < -0.4 is 5.46 Å². The quantitative estimate of drug-likeness (QED) is 0.818. The van der Waals surface area contributed by atoms with Crippen LogP contribution in [0.2, 0.25) is 10.0 Å². The lowest BCUT2D eigenvalue weighted by Gasteiger charge is -2.09. The highest BCUT2D eigenvalue weighted by Crippen LogP contribution is 2.20. The largest absolute Gasteiger partial charge is 0.497 e. The normalized spacial score (nSPS) is 15.5. The third-order valence-electron chi connectivity index (χ3n) is 2.18. The molecule has 0 amide bonds. The van der Waals surface area contributed by atoms with Gasteiger partial charge in [-0.3, -0.25) is 0 Å². The van der Waals surface area contributed by atoms with Crippen molar-refractivity contribution in [3.8, 4) is 0 Å². The second kappa shape index (κ2) is 4.63. The number of carbonyl (C=O) groups is 1. The molecular weight excluding hydrogens is 254 g/mol. The number of benzene rings is 1. The van der Waals surface area contributed by atoms with Crippen LogP contribution in [0.3, 0.4) is 0 Å². The number of hydrogen-bond donors (Lipinski definition) is 1. The van der Waals surface area contributed by atoms with Gasteiger partial charge in [-0.25, -0.2) is 4.79 Å². The summed E-state index contributed by atoms with van der Waals surface area (Å²) in [7, 11) is -0.608. The molecule has 1 aliphatic rings. The fourth-order valence-corrected chi connectivity index (χ4v) is 2.12. The van der Waals surface area contributed by atoms with Crippen molar-refractivity contribution < 1.29 is 19.2 Å². The van der Waals surface area contributed by atoms with Crippen LogP contribution in [-0.4, -0.2) is 31.4 Å². The minimum Gasteiger partial charge on any atom is -0.478 e. The van der Waals surface area contributed by atoms with Crippen LogP contribution in [-0.2, 0) is 9.31 Å². The Morgan fingerprint density at radius 1 is 1.25 bits per heavy atom. The average molecular weight is 261 g/mol. The first-order valence-corrected chi connectivity index (χ1v) is 5.30. The highest BCUT2D eigenvalue weighted by atomic mass is 35.5. The third-order valence-corrected chi connectivity index (χ3v) is 2.81. The third kappa shape index (κ3) is 2.17. The van der Waals surface area contributed by atoms with E-state index in [9.17, 15) is 4.79 Å². The number of aromatic carboxylic acids is 1. The SMILES string of the molecule is O=C(O)c1cc(Cl)c(B2OCCO2)c(Cl)c1. The monoisotopic (exact) mass is 260 g/mol. The molecule has 0 atom stereocenters. The Kier molecular flexibility index (Phi) is 3.40. The molecule has 84 valence electrons. The standard InChI is InChI=1S/C9H7BCl2O4/c11-6-3-5(9(13)14)4-7(12)8(6)10-15-1-2-16-10/h3-4H,1-2H2,(H,13,14). The highest BCUT2D eigenvalue weighted by molar-refractivity contribution is 6.68. The summed E-state index contributed by atoms with van der Waals surface area (Å²) in [6, 6.07) is 2.66. The molecule has 0 bridgehead atoms. The maximum Gasteiger partial charge on any atom is 0.497 e. The van der Waals surface area contributed by atoms with Crippen LogP contribution in [0.25, 0.3) is 0 Å². The predicted octanol–water partition coefficient (Wildman–Crippen LogP) is 1.43. The molecule has 1 fully saturated rings. The first-order chi connectivity index (χ1) is 7.59. The van der Waals surface area contributed by atoms with Crippen molar-refractivity contribution in [2.24, 2.45) is 0 Å². The Balaban J connectivity index is 2.42. The zero-order valence-electron chi connectivity index (χ0n) is 8.07.